The van der Waals surface area contributed by atoms with E-state index in [1.807, 2.05) is 66.7 Å². The van der Waals surface area contributed by atoms with Gasteiger partial charge in [-0.05, 0) is 23.1 Å². The summed E-state index contributed by atoms with van der Waals surface area (Å²) in [4.78, 5) is 12.5. The molecule has 2 rings (SSSR count). The Morgan fingerprint density at radius 1 is 1.00 bits per heavy atom. The van der Waals surface area contributed by atoms with Crippen LogP contribution in [-0.2, 0) is 4.79 Å². The molecule has 1 amide bonds. The molecule has 0 aliphatic rings. The van der Waals surface area contributed by atoms with Gasteiger partial charge in [0.2, 0.25) is 0 Å². The molecule has 0 unspecified atom stereocenters. The van der Waals surface area contributed by atoms with Crippen LogP contribution in [-0.4, -0.2) is 12.5 Å². The second-order valence-corrected chi connectivity index (χ2v) is 5.44. The lowest BCUT2D eigenvalue weighted by atomic mass is 10.0. The van der Waals surface area contributed by atoms with Gasteiger partial charge in [-0.1, -0.05) is 74.5 Å². The van der Waals surface area contributed by atoms with E-state index in [1.54, 1.807) is 0 Å². The summed E-state index contributed by atoms with van der Waals surface area (Å²) in [5, 5.41) is 2.99. The molecule has 21 heavy (non-hydrogen) atoms. The van der Waals surface area contributed by atoms with Crippen LogP contribution in [0.25, 0.3) is 11.6 Å². The van der Waals surface area contributed by atoms with Crippen molar-refractivity contribution in [1.29, 1.82) is 0 Å². The lowest BCUT2D eigenvalue weighted by Crippen LogP contribution is -2.28. The molecule has 0 heterocycles. The lowest BCUT2D eigenvalue weighted by Gasteiger charge is -2.11. The predicted molar refractivity (Wildman–Crippen MR) is 88.6 cm³/mol. The second kappa shape index (κ2) is 7.44. The second-order valence-electron chi connectivity index (χ2n) is 5.44. The third-order valence-corrected chi connectivity index (χ3v) is 3.11. The van der Waals surface area contributed by atoms with Gasteiger partial charge in [-0.2, -0.15) is 0 Å². The highest BCUT2D eigenvalue weighted by Crippen LogP contribution is 2.18. The van der Waals surface area contributed by atoms with Crippen LogP contribution in [0.4, 0.5) is 0 Å². The first-order valence-corrected chi connectivity index (χ1v) is 7.27. The fourth-order valence-electron chi connectivity index (χ4n) is 2.01. The van der Waals surface area contributed by atoms with Gasteiger partial charge in [0.05, 0.1) is 0 Å². The van der Waals surface area contributed by atoms with E-state index < -0.39 is 0 Å². The molecule has 2 aromatic carbocycles. The number of nitrogens with one attached hydrogen (secondary N) is 1. The van der Waals surface area contributed by atoms with Crippen LogP contribution in [0.3, 0.4) is 0 Å². The molecule has 0 saturated carbocycles. The Labute approximate surface area is 126 Å². The molecule has 0 saturated heterocycles. The van der Waals surface area contributed by atoms with Crippen LogP contribution in [0.5, 0.6) is 0 Å². The molecule has 0 aliphatic carbocycles. The van der Waals surface area contributed by atoms with Gasteiger partial charge in [-0.15, -0.1) is 0 Å². The van der Waals surface area contributed by atoms with E-state index in [9.17, 15) is 4.79 Å². The Balaban J connectivity index is 2.31. The normalized spacial score (nSPS) is 11.5. The minimum absolute atomic E-state index is 0.0289. The van der Waals surface area contributed by atoms with Crippen molar-refractivity contribution in [3.8, 4) is 0 Å². The van der Waals surface area contributed by atoms with E-state index in [2.05, 4.69) is 19.2 Å². The van der Waals surface area contributed by atoms with Gasteiger partial charge >= 0.3 is 0 Å². The molecule has 2 heteroatoms. The van der Waals surface area contributed by atoms with E-state index in [0.717, 1.165) is 11.1 Å². The quantitative estimate of drug-likeness (QED) is 0.650. The number of benzene rings is 2. The lowest BCUT2D eigenvalue weighted by molar-refractivity contribution is -0.115. The zero-order chi connectivity index (χ0) is 15.1. The minimum Gasteiger partial charge on any atom is -0.352 e. The SMILES string of the molecule is CC(C)CNC(=O)C(=Cc1ccccc1)c1ccccc1. The zero-order valence-electron chi connectivity index (χ0n) is 12.5. The smallest absolute Gasteiger partial charge is 0.251 e. The minimum atomic E-state index is -0.0289. The molecule has 0 atom stereocenters. The third-order valence-electron chi connectivity index (χ3n) is 3.11. The average molecular weight is 279 g/mol. The summed E-state index contributed by atoms with van der Waals surface area (Å²) >= 11 is 0. The molecule has 2 aromatic rings. The number of amides is 1. The molecule has 2 nitrogen and oxygen atoms in total. The van der Waals surface area contributed by atoms with Crippen molar-refractivity contribution in [2.75, 3.05) is 6.54 Å². The number of carbonyl (C=O) groups excluding carboxylic acids is 1. The molecule has 0 bridgehead atoms. The van der Waals surface area contributed by atoms with E-state index in [4.69, 9.17) is 0 Å². The molecule has 0 aromatic heterocycles. The number of rotatable bonds is 5. The Morgan fingerprint density at radius 3 is 2.14 bits per heavy atom. The Bertz CT molecular complexity index is 600. The molecular weight excluding hydrogens is 258 g/mol. The molecule has 108 valence electrons. The van der Waals surface area contributed by atoms with Crippen LogP contribution < -0.4 is 5.32 Å². The summed E-state index contributed by atoms with van der Waals surface area (Å²) < 4.78 is 0. The maximum absolute atomic E-state index is 12.5. The summed E-state index contributed by atoms with van der Waals surface area (Å²) in [5.41, 5.74) is 2.65. The summed E-state index contributed by atoms with van der Waals surface area (Å²) in [6.07, 6.45) is 1.94. The van der Waals surface area contributed by atoms with Crippen molar-refractivity contribution < 1.29 is 4.79 Å². The van der Waals surface area contributed by atoms with Crippen molar-refractivity contribution in [2.45, 2.75) is 13.8 Å². The van der Waals surface area contributed by atoms with Crippen LogP contribution in [0.15, 0.2) is 60.7 Å². The molecular formula is C19H21NO. The molecule has 0 spiro atoms. The topological polar surface area (TPSA) is 29.1 Å². The van der Waals surface area contributed by atoms with Gasteiger partial charge < -0.3 is 5.32 Å². The van der Waals surface area contributed by atoms with Crippen molar-refractivity contribution in [2.24, 2.45) is 5.92 Å². The fraction of sp³-hybridized carbons (Fsp3) is 0.211. The van der Waals surface area contributed by atoms with Gasteiger partial charge in [0.25, 0.3) is 5.91 Å². The van der Waals surface area contributed by atoms with E-state index in [-0.39, 0.29) is 5.91 Å². The van der Waals surface area contributed by atoms with Crippen molar-refractivity contribution in [3.63, 3.8) is 0 Å². The number of hydrogen-bond donors (Lipinski definition) is 1. The highest BCUT2D eigenvalue weighted by atomic mass is 16.1. The Kier molecular flexibility index (Phi) is 5.33. The standard InChI is InChI=1S/C19H21NO/c1-15(2)14-20-19(21)18(17-11-7-4-8-12-17)13-16-9-5-3-6-10-16/h3-13,15H,14H2,1-2H3,(H,20,21). The van der Waals surface area contributed by atoms with Gasteiger partial charge in [-0.25, -0.2) is 0 Å². The first kappa shape index (κ1) is 15.0. The fourth-order valence-corrected chi connectivity index (χ4v) is 2.01. The Hall–Kier alpha value is -2.35. The van der Waals surface area contributed by atoms with Crippen molar-refractivity contribution >= 4 is 17.6 Å². The van der Waals surface area contributed by atoms with E-state index in [1.165, 1.54) is 0 Å². The first-order valence-electron chi connectivity index (χ1n) is 7.27. The highest BCUT2D eigenvalue weighted by Gasteiger charge is 2.12. The third kappa shape index (κ3) is 4.60. The average Bonchev–Trinajstić information content (AvgIpc) is 2.52. The maximum atomic E-state index is 12.5. The van der Waals surface area contributed by atoms with Crippen molar-refractivity contribution in [3.05, 3.63) is 71.8 Å². The Morgan fingerprint density at radius 2 is 1.57 bits per heavy atom. The molecule has 0 radical (unpaired) electrons. The number of hydrogen-bond acceptors (Lipinski definition) is 1. The van der Waals surface area contributed by atoms with Crippen LogP contribution in [0.2, 0.25) is 0 Å². The summed E-state index contributed by atoms with van der Waals surface area (Å²) in [6, 6.07) is 19.7. The van der Waals surface area contributed by atoms with Gasteiger partial charge in [0, 0.05) is 12.1 Å². The van der Waals surface area contributed by atoms with Gasteiger partial charge in [0.1, 0.15) is 0 Å². The maximum Gasteiger partial charge on any atom is 0.251 e. The molecule has 1 N–H and O–H groups in total. The van der Waals surface area contributed by atoms with Crippen LogP contribution in [0, 0.1) is 5.92 Å². The monoisotopic (exact) mass is 279 g/mol. The summed E-state index contributed by atoms with van der Waals surface area (Å²) in [7, 11) is 0. The summed E-state index contributed by atoms with van der Waals surface area (Å²) in [5.74, 6) is 0.404. The predicted octanol–water partition coefficient (Wildman–Crippen LogP) is 4.00. The first-order chi connectivity index (χ1) is 10.2. The van der Waals surface area contributed by atoms with Crippen LogP contribution >= 0.6 is 0 Å². The van der Waals surface area contributed by atoms with Crippen molar-refractivity contribution in [1.82, 2.24) is 5.32 Å². The zero-order valence-corrected chi connectivity index (χ0v) is 12.5. The van der Waals surface area contributed by atoms with E-state index >= 15 is 0 Å². The molecule has 0 fully saturated rings. The number of carbonyl (C=O) groups is 1. The highest BCUT2D eigenvalue weighted by molar-refractivity contribution is 6.24. The van der Waals surface area contributed by atoms with Crippen LogP contribution in [0.1, 0.15) is 25.0 Å². The van der Waals surface area contributed by atoms with Gasteiger partial charge in [-0.3, -0.25) is 4.79 Å². The van der Waals surface area contributed by atoms with E-state index in [0.29, 0.717) is 18.0 Å². The largest absolute Gasteiger partial charge is 0.352 e. The summed E-state index contributed by atoms with van der Waals surface area (Å²) in [6.45, 7) is 4.85. The molecule has 0 aliphatic heterocycles. The van der Waals surface area contributed by atoms with Gasteiger partial charge in [0.15, 0.2) is 0 Å².